The van der Waals surface area contributed by atoms with Gasteiger partial charge in [0.15, 0.2) is 5.17 Å². The van der Waals surface area contributed by atoms with Crippen LogP contribution in [0.3, 0.4) is 0 Å². The Morgan fingerprint density at radius 3 is 2.71 bits per heavy atom. The smallest absolute Gasteiger partial charge is 0.331 e. The maximum Gasteiger partial charge on any atom is 0.331 e. The molecule has 0 aliphatic carbocycles. The highest BCUT2D eigenvalue weighted by Gasteiger charge is 2.25. The average Bonchev–Trinajstić information content (AvgIpc) is 3.09. The van der Waals surface area contributed by atoms with Crippen LogP contribution in [0.15, 0.2) is 73.4 Å². The van der Waals surface area contributed by atoms with Crippen molar-refractivity contribution >= 4 is 64.1 Å². The van der Waals surface area contributed by atoms with Gasteiger partial charge >= 0.3 is 5.97 Å². The van der Waals surface area contributed by atoms with E-state index >= 15 is 0 Å². The van der Waals surface area contributed by atoms with E-state index in [0.717, 1.165) is 22.7 Å². The van der Waals surface area contributed by atoms with Crippen LogP contribution in [0.25, 0.3) is 0 Å². The summed E-state index contributed by atoms with van der Waals surface area (Å²) in [6.07, 6.45) is 2.40. The number of nitro groups is 1. The Hall–Kier alpha value is -3.15. The van der Waals surface area contributed by atoms with Gasteiger partial charge in [-0.15, -0.1) is 5.10 Å². The molecule has 1 aliphatic heterocycles. The lowest BCUT2D eigenvalue weighted by Gasteiger charge is -2.05. The fourth-order valence-electron chi connectivity index (χ4n) is 2.26. The molecule has 0 spiro atoms. The zero-order chi connectivity index (χ0) is 22.4. The predicted molar refractivity (Wildman–Crippen MR) is 120 cm³/mol. The third-order valence-electron chi connectivity index (χ3n) is 3.69. The van der Waals surface area contributed by atoms with Crippen LogP contribution in [0.5, 0.6) is 0 Å². The van der Waals surface area contributed by atoms with Crippen LogP contribution < -0.4 is 5.32 Å². The zero-order valence-electron chi connectivity index (χ0n) is 15.8. The highest BCUT2D eigenvalue weighted by Crippen LogP contribution is 2.32. The maximum absolute atomic E-state index is 11.8. The standard InChI is InChI=1S/C19H13ClN4O5S2/c1-29-17(25)9-16-18(26)22-19(31-16)23-21-10-11-8-13(24(27)28)4-7-15(11)30-14-5-2-12(20)3-6-14/h2-10H,1H3,(H,22,23,26)/b16-9+,21-10?. The highest BCUT2D eigenvalue weighted by molar-refractivity contribution is 8.18. The molecule has 0 atom stereocenters. The number of rotatable bonds is 6. The number of amides is 1. The number of hydrogen-bond donors (Lipinski definition) is 1. The van der Waals surface area contributed by atoms with Crippen LogP contribution in [0, 0.1) is 10.1 Å². The highest BCUT2D eigenvalue weighted by atomic mass is 35.5. The second-order valence-electron chi connectivity index (χ2n) is 5.77. The van der Waals surface area contributed by atoms with Crippen molar-refractivity contribution in [3.05, 3.63) is 74.1 Å². The summed E-state index contributed by atoms with van der Waals surface area (Å²) in [5.74, 6) is -1.17. The van der Waals surface area contributed by atoms with E-state index in [4.69, 9.17) is 11.6 Å². The molecule has 0 bridgehead atoms. The number of halogens is 1. The number of non-ortho nitro benzene ring substituents is 1. The molecule has 2 aromatic carbocycles. The van der Waals surface area contributed by atoms with Crippen molar-refractivity contribution in [1.29, 1.82) is 0 Å². The lowest BCUT2D eigenvalue weighted by molar-refractivity contribution is -0.384. The fraction of sp³-hybridized carbons (Fsp3) is 0.0526. The van der Waals surface area contributed by atoms with Crippen LogP contribution in [-0.2, 0) is 14.3 Å². The summed E-state index contributed by atoms with van der Waals surface area (Å²) in [5, 5.41) is 22.2. The second-order valence-corrected chi connectivity index (χ2v) is 8.36. The number of benzene rings is 2. The number of nitro benzene ring substituents is 1. The van der Waals surface area contributed by atoms with Gasteiger partial charge < -0.3 is 4.74 Å². The number of carbonyl (C=O) groups excluding carboxylic acids is 2. The van der Waals surface area contributed by atoms with Crippen LogP contribution in [0.4, 0.5) is 5.69 Å². The Bertz CT molecular complexity index is 1130. The number of amidine groups is 1. The quantitative estimate of drug-likeness (QED) is 0.219. The van der Waals surface area contributed by atoms with E-state index in [-0.39, 0.29) is 15.8 Å². The molecule has 0 radical (unpaired) electrons. The third kappa shape index (κ3) is 6.17. The molecule has 1 aliphatic rings. The molecule has 1 fully saturated rings. The third-order valence-corrected chi connectivity index (χ3v) is 5.94. The summed E-state index contributed by atoms with van der Waals surface area (Å²) in [7, 11) is 1.20. The van der Waals surface area contributed by atoms with Gasteiger partial charge in [0.25, 0.3) is 11.6 Å². The summed E-state index contributed by atoms with van der Waals surface area (Å²) < 4.78 is 4.49. The summed E-state index contributed by atoms with van der Waals surface area (Å²) in [6.45, 7) is 0. The number of esters is 1. The van der Waals surface area contributed by atoms with Crippen LogP contribution in [-0.4, -0.2) is 35.3 Å². The van der Waals surface area contributed by atoms with Gasteiger partial charge in [0.2, 0.25) is 0 Å². The molecule has 1 saturated heterocycles. The van der Waals surface area contributed by atoms with Gasteiger partial charge in [-0.3, -0.25) is 20.2 Å². The van der Waals surface area contributed by atoms with Crippen molar-refractivity contribution in [3.63, 3.8) is 0 Å². The van der Waals surface area contributed by atoms with E-state index in [1.54, 1.807) is 18.2 Å². The number of methoxy groups -OCH3 is 1. The summed E-state index contributed by atoms with van der Waals surface area (Å²) in [5.41, 5.74) is 0.375. The van der Waals surface area contributed by atoms with Crippen molar-refractivity contribution in [2.24, 2.45) is 10.2 Å². The predicted octanol–water partition coefficient (Wildman–Crippen LogP) is 4.01. The number of nitrogens with one attached hydrogen (secondary N) is 1. The first-order chi connectivity index (χ1) is 14.9. The fourth-order valence-corrected chi connectivity index (χ4v) is 4.01. The Balaban J connectivity index is 1.83. The van der Waals surface area contributed by atoms with Crippen molar-refractivity contribution in [2.75, 3.05) is 7.11 Å². The first kappa shape index (κ1) is 22.5. The van der Waals surface area contributed by atoms with Crippen LogP contribution in [0.2, 0.25) is 5.02 Å². The topological polar surface area (TPSA) is 123 Å². The number of nitrogens with zero attached hydrogens (tertiary/aromatic N) is 3. The molecule has 31 heavy (non-hydrogen) atoms. The van der Waals surface area contributed by atoms with Gasteiger partial charge in [-0.2, -0.15) is 5.10 Å². The van der Waals surface area contributed by atoms with Gasteiger partial charge in [-0.25, -0.2) is 4.79 Å². The molecule has 1 amide bonds. The minimum absolute atomic E-state index is 0.0959. The minimum Gasteiger partial charge on any atom is -0.466 e. The van der Waals surface area contributed by atoms with Gasteiger partial charge in [0.1, 0.15) is 0 Å². The van der Waals surface area contributed by atoms with Gasteiger partial charge in [-0.1, -0.05) is 23.4 Å². The molecular formula is C19H13ClN4O5S2. The first-order valence-corrected chi connectivity index (χ1v) is 10.5. The molecule has 1 heterocycles. The number of hydrogen-bond acceptors (Lipinski definition) is 9. The molecule has 3 rings (SSSR count). The van der Waals surface area contributed by atoms with Gasteiger partial charge in [0.05, 0.1) is 23.2 Å². The van der Waals surface area contributed by atoms with E-state index in [2.05, 4.69) is 20.3 Å². The SMILES string of the molecule is COC(=O)/C=C1/S/C(=N\N=Cc2cc([N+](=O)[O-])ccc2Sc2ccc(Cl)cc2)NC1=O. The van der Waals surface area contributed by atoms with Gasteiger partial charge in [-0.05, 0) is 42.1 Å². The summed E-state index contributed by atoms with van der Waals surface area (Å²) >= 11 is 8.21. The Morgan fingerprint density at radius 2 is 2.03 bits per heavy atom. The Kier molecular flexibility index (Phi) is 7.45. The van der Waals surface area contributed by atoms with E-state index < -0.39 is 16.8 Å². The molecule has 12 heteroatoms. The zero-order valence-corrected chi connectivity index (χ0v) is 18.2. The maximum atomic E-state index is 11.8. The molecule has 2 aromatic rings. The lowest BCUT2D eigenvalue weighted by Crippen LogP contribution is -2.19. The van der Waals surface area contributed by atoms with Crippen molar-refractivity contribution < 1.29 is 19.2 Å². The lowest BCUT2D eigenvalue weighted by atomic mass is 10.2. The molecule has 0 unspecified atom stereocenters. The van der Waals surface area contributed by atoms with E-state index in [0.29, 0.717) is 15.5 Å². The van der Waals surface area contributed by atoms with Crippen molar-refractivity contribution in [3.8, 4) is 0 Å². The minimum atomic E-state index is -0.664. The monoisotopic (exact) mass is 476 g/mol. The summed E-state index contributed by atoms with van der Waals surface area (Å²) in [4.78, 5) is 35.5. The molecule has 9 nitrogen and oxygen atoms in total. The molecule has 158 valence electrons. The number of carbonyl (C=O) groups is 2. The molecule has 0 aromatic heterocycles. The number of ether oxygens (including phenoxy) is 1. The van der Waals surface area contributed by atoms with E-state index in [9.17, 15) is 19.7 Å². The van der Waals surface area contributed by atoms with Crippen molar-refractivity contribution in [1.82, 2.24) is 5.32 Å². The molecule has 0 saturated carbocycles. The van der Waals surface area contributed by atoms with Crippen molar-refractivity contribution in [2.45, 2.75) is 9.79 Å². The second kappa shape index (κ2) is 10.2. The van der Waals surface area contributed by atoms with Crippen LogP contribution in [0.1, 0.15) is 5.56 Å². The average molecular weight is 477 g/mol. The van der Waals surface area contributed by atoms with E-state index in [1.165, 1.54) is 37.2 Å². The molecular weight excluding hydrogens is 464 g/mol. The van der Waals surface area contributed by atoms with E-state index in [1.807, 2.05) is 12.1 Å². The summed E-state index contributed by atoms with van der Waals surface area (Å²) in [6, 6.07) is 11.5. The first-order valence-electron chi connectivity index (χ1n) is 8.47. The van der Waals surface area contributed by atoms with Crippen LogP contribution >= 0.6 is 35.1 Å². The molecule has 1 N–H and O–H groups in total. The number of thioether (sulfide) groups is 1. The largest absolute Gasteiger partial charge is 0.466 e. The normalized spacial score (nSPS) is 16.1. The Labute approximate surface area is 189 Å². The van der Waals surface area contributed by atoms with Gasteiger partial charge in [0, 0.05) is 38.6 Å². The Morgan fingerprint density at radius 1 is 1.29 bits per heavy atom.